The SMILES string of the molecule is OCc1cc2nccnc2cc1F. The molecule has 0 amide bonds. The molecule has 0 atom stereocenters. The Morgan fingerprint density at radius 2 is 1.77 bits per heavy atom. The molecule has 2 aromatic rings. The number of aromatic nitrogens is 2. The van der Waals surface area contributed by atoms with E-state index >= 15 is 0 Å². The average molecular weight is 178 g/mol. The summed E-state index contributed by atoms with van der Waals surface area (Å²) in [4.78, 5) is 7.92. The number of nitrogens with zero attached hydrogens (tertiary/aromatic N) is 2. The summed E-state index contributed by atoms with van der Waals surface area (Å²) < 4.78 is 13.1. The lowest BCUT2D eigenvalue weighted by atomic mass is 10.2. The van der Waals surface area contributed by atoms with Crippen LogP contribution in [0.25, 0.3) is 11.0 Å². The summed E-state index contributed by atoms with van der Waals surface area (Å²) in [5, 5.41) is 8.79. The zero-order valence-corrected chi connectivity index (χ0v) is 6.74. The van der Waals surface area contributed by atoms with Crippen molar-refractivity contribution in [3.63, 3.8) is 0 Å². The molecule has 1 N–H and O–H groups in total. The molecule has 13 heavy (non-hydrogen) atoms. The van der Waals surface area contributed by atoms with Crippen LogP contribution < -0.4 is 0 Å². The van der Waals surface area contributed by atoms with Crippen molar-refractivity contribution in [1.82, 2.24) is 9.97 Å². The van der Waals surface area contributed by atoms with Crippen LogP contribution in [0.5, 0.6) is 0 Å². The first-order valence-corrected chi connectivity index (χ1v) is 3.81. The van der Waals surface area contributed by atoms with Gasteiger partial charge in [-0.3, -0.25) is 9.97 Å². The van der Waals surface area contributed by atoms with Crippen molar-refractivity contribution >= 4 is 11.0 Å². The van der Waals surface area contributed by atoms with Crippen molar-refractivity contribution in [2.45, 2.75) is 6.61 Å². The van der Waals surface area contributed by atoms with Gasteiger partial charge in [0.25, 0.3) is 0 Å². The van der Waals surface area contributed by atoms with Crippen molar-refractivity contribution in [2.24, 2.45) is 0 Å². The minimum Gasteiger partial charge on any atom is -0.392 e. The Balaban J connectivity index is 2.74. The summed E-state index contributed by atoms with van der Waals surface area (Å²) in [6, 6.07) is 2.77. The molecule has 3 nitrogen and oxygen atoms in total. The van der Waals surface area contributed by atoms with Gasteiger partial charge in [0.1, 0.15) is 5.82 Å². The largest absolute Gasteiger partial charge is 0.392 e. The zero-order valence-electron chi connectivity index (χ0n) is 6.74. The predicted octanol–water partition coefficient (Wildman–Crippen LogP) is 1.26. The molecule has 0 aliphatic carbocycles. The first-order valence-electron chi connectivity index (χ1n) is 3.81. The van der Waals surface area contributed by atoms with Gasteiger partial charge in [-0.25, -0.2) is 4.39 Å². The van der Waals surface area contributed by atoms with E-state index in [0.717, 1.165) is 0 Å². The highest BCUT2D eigenvalue weighted by Gasteiger charge is 2.04. The second-order valence-electron chi connectivity index (χ2n) is 2.65. The Bertz CT molecular complexity index is 445. The summed E-state index contributed by atoms with van der Waals surface area (Å²) in [7, 11) is 0. The van der Waals surface area contributed by atoms with Crippen LogP contribution in [0.1, 0.15) is 5.56 Å². The Morgan fingerprint density at radius 1 is 1.15 bits per heavy atom. The Kier molecular flexibility index (Phi) is 1.90. The van der Waals surface area contributed by atoms with Crippen molar-refractivity contribution in [2.75, 3.05) is 0 Å². The second kappa shape index (κ2) is 3.06. The molecule has 1 aromatic carbocycles. The van der Waals surface area contributed by atoms with E-state index in [9.17, 15) is 4.39 Å². The third-order valence-corrected chi connectivity index (χ3v) is 1.81. The van der Waals surface area contributed by atoms with Crippen molar-refractivity contribution in [1.29, 1.82) is 0 Å². The standard InChI is InChI=1S/C9H7FN2O/c10-7-4-9-8(3-6(7)5-13)11-1-2-12-9/h1-4,13H,5H2. The second-order valence-corrected chi connectivity index (χ2v) is 2.65. The molecule has 0 aliphatic rings. The highest BCUT2D eigenvalue weighted by atomic mass is 19.1. The van der Waals surface area contributed by atoms with Crippen molar-refractivity contribution < 1.29 is 9.50 Å². The molecule has 2 rings (SSSR count). The lowest BCUT2D eigenvalue weighted by Gasteiger charge is -2.00. The molecule has 0 saturated carbocycles. The van der Waals surface area contributed by atoms with E-state index in [-0.39, 0.29) is 12.2 Å². The van der Waals surface area contributed by atoms with Gasteiger partial charge in [-0.15, -0.1) is 0 Å². The van der Waals surface area contributed by atoms with Crippen LogP contribution in [0.2, 0.25) is 0 Å². The summed E-state index contributed by atoms with van der Waals surface area (Å²) >= 11 is 0. The fourth-order valence-electron chi connectivity index (χ4n) is 1.15. The smallest absolute Gasteiger partial charge is 0.131 e. The van der Waals surface area contributed by atoms with Gasteiger partial charge >= 0.3 is 0 Å². The number of fused-ring (bicyclic) bond motifs is 1. The lowest BCUT2D eigenvalue weighted by Crippen LogP contribution is -1.92. The van der Waals surface area contributed by atoms with E-state index in [1.54, 1.807) is 0 Å². The Labute approximate surface area is 73.9 Å². The van der Waals surface area contributed by atoms with Gasteiger partial charge in [-0.1, -0.05) is 0 Å². The third-order valence-electron chi connectivity index (χ3n) is 1.81. The van der Waals surface area contributed by atoms with Crippen LogP contribution in [0, 0.1) is 5.82 Å². The van der Waals surface area contributed by atoms with E-state index in [0.29, 0.717) is 11.0 Å². The number of rotatable bonds is 1. The van der Waals surface area contributed by atoms with Crippen LogP contribution in [-0.2, 0) is 6.61 Å². The summed E-state index contributed by atoms with van der Waals surface area (Å²) in [6.07, 6.45) is 3.03. The van der Waals surface area contributed by atoms with E-state index in [2.05, 4.69) is 9.97 Å². The van der Waals surface area contributed by atoms with Crippen LogP contribution >= 0.6 is 0 Å². The molecule has 4 heteroatoms. The van der Waals surface area contributed by atoms with Crippen LogP contribution in [-0.4, -0.2) is 15.1 Å². The lowest BCUT2D eigenvalue weighted by molar-refractivity contribution is 0.276. The van der Waals surface area contributed by atoms with Crippen LogP contribution in [0.3, 0.4) is 0 Å². The third kappa shape index (κ3) is 1.36. The van der Waals surface area contributed by atoms with Gasteiger partial charge in [0.05, 0.1) is 17.6 Å². The first-order chi connectivity index (χ1) is 6.31. The molecular formula is C9H7FN2O. The van der Waals surface area contributed by atoms with Gasteiger partial charge in [-0.2, -0.15) is 0 Å². The first kappa shape index (κ1) is 8.07. The Hall–Kier alpha value is -1.55. The minimum absolute atomic E-state index is 0.244. The van der Waals surface area contributed by atoms with E-state index in [1.165, 1.54) is 24.5 Å². The molecule has 0 saturated heterocycles. The molecule has 0 radical (unpaired) electrons. The van der Waals surface area contributed by atoms with E-state index in [1.807, 2.05) is 0 Å². The molecule has 1 aromatic heterocycles. The van der Waals surface area contributed by atoms with Crippen molar-refractivity contribution in [3.8, 4) is 0 Å². The van der Waals surface area contributed by atoms with Gasteiger partial charge in [0.15, 0.2) is 0 Å². The zero-order chi connectivity index (χ0) is 9.26. The number of hydrogen-bond acceptors (Lipinski definition) is 3. The summed E-state index contributed by atoms with van der Waals surface area (Å²) in [6.45, 7) is -0.321. The summed E-state index contributed by atoms with van der Waals surface area (Å²) in [5.74, 6) is -0.449. The minimum atomic E-state index is -0.449. The average Bonchev–Trinajstić information content (AvgIpc) is 2.17. The highest BCUT2D eigenvalue weighted by molar-refractivity contribution is 5.74. The highest BCUT2D eigenvalue weighted by Crippen LogP contribution is 2.14. The fourth-order valence-corrected chi connectivity index (χ4v) is 1.15. The molecule has 0 fully saturated rings. The number of benzene rings is 1. The molecular weight excluding hydrogens is 171 g/mol. The monoisotopic (exact) mass is 178 g/mol. The molecule has 0 unspecified atom stereocenters. The molecule has 1 heterocycles. The number of halogens is 1. The predicted molar refractivity (Wildman–Crippen MR) is 45.4 cm³/mol. The number of aliphatic hydroxyl groups excluding tert-OH is 1. The Morgan fingerprint density at radius 3 is 2.38 bits per heavy atom. The topological polar surface area (TPSA) is 46.0 Å². The maximum Gasteiger partial charge on any atom is 0.131 e. The molecule has 0 aliphatic heterocycles. The normalized spacial score (nSPS) is 10.6. The fraction of sp³-hybridized carbons (Fsp3) is 0.111. The van der Waals surface area contributed by atoms with Crippen LogP contribution in [0.15, 0.2) is 24.5 Å². The van der Waals surface area contributed by atoms with Crippen LogP contribution in [0.4, 0.5) is 4.39 Å². The molecule has 0 bridgehead atoms. The van der Waals surface area contributed by atoms with Gasteiger partial charge in [0.2, 0.25) is 0 Å². The van der Waals surface area contributed by atoms with Crippen molar-refractivity contribution in [3.05, 3.63) is 35.9 Å². The maximum absolute atomic E-state index is 13.1. The number of aliphatic hydroxyl groups is 1. The van der Waals surface area contributed by atoms with E-state index in [4.69, 9.17) is 5.11 Å². The quantitative estimate of drug-likeness (QED) is 0.715. The van der Waals surface area contributed by atoms with Gasteiger partial charge in [0, 0.05) is 24.0 Å². The van der Waals surface area contributed by atoms with E-state index < -0.39 is 5.82 Å². The van der Waals surface area contributed by atoms with Gasteiger partial charge in [-0.05, 0) is 6.07 Å². The molecule has 66 valence electrons. The maximum atomic E-state index is 13.1. The van der Waals surface area contributed by atoms with Gasteiger partial charge < -0.3 is 5.11 Å². The number of hydrogen-bond donors (Lipinski definition) is 1. The summed E-state index contributed by atoms with van der Waals surface area (Å²) in [5.41, 5.74) is 1.33. The molecule has 0 spiro atoms.